The van der Waals surface area contributed by atoms with Crippen LogP contribution in [0.25, 0.3) is 0 Å². The first-order valence-corrected chi connectivity index (χ1v) is 13.4. The molecule has 9 heteroatoms. The van der Waals surface area contributed by atoms with Crippen molar-refractivity contribution >= 4 is 11.9 Å². The summed E-state index contributed by atoms with van der Waals surface area (Å²) in [4.78, 5) is 38.6. The predicted molar refractivity (Wildman–Crippen MR) is 138 cm³/mol. The van der Waals surface area contributed by atoms with Crippen LogP contribution < -0.4 is 4.74 Å². The van der Waals surface area contributed by atoms with Crippen molar-refractivity contribution in [3.8, 4) is 5.75 Å². The molecule has 2 aromatic rings. The quantitative estimate of drug-likeness (QED) is 0.422. The molecule has 3 heterocycles. The van der Waals surface area contributed by atoms with Crippen LogP contribution in [0.5, 0.6) is 5.75 Å². The fourth-order valence-electron chi connectivity index (χ4n) is 5.61. The Labute approximate surface area is 218 Å². The minimum absolute atomic E-state index is 0.0185. The molecule has 1 fully saturated rings. The third-order valence-corrected chi connectivity index (χ3v) is 7.52. The third-order valence-electron chi connectivity index (χ3n) is 7.52. The lowest BCUT2D eigenvalue weighted by molar-refractivity contribution is -0.143. The average molecular weight is 511 g/mol. The van der Waals surface area contributed by atoms with Crippen molar-refractivity contribution in [3.63, 3.8) is 0 Å². The zero-order valence-corrected chi connectivity index (χ0v) is 21.6. The van der Waals surface area contributed by atoms with E-state index in [9.17, 15) is 19.8 Å². The van der Waals surface area contributed by atoms with Gasteiger partial charge in [0.25, 0.3) is 0 Å². The van der Waals surface area contributed by atoms with Crippen LogP contribution in [-0.2, 0) is 22.4 Å². The minimum Gasteiger partial charge on any atom is -0.493 e. The first kappa shape index (κ1) is 27.0. The topological polar surface area (TPSA) is 116 Å². The van der Waals surface area contributed by atoms with E-state index < -0.39 is 11.9 Å². The number of carbonyl (C=O) groups is 2. The molecule has 0 unspecified atom stereocenters. The van der Waals surface area contributed by atoms with E-state index in [1.165, 1.54) is 0 Å². The molecule has 1 aromatic heterocycles. The number of nitrogens with zero attached hydrogens (tertiary/aromatic N) is 4. The first-order chi connectivity index (χ1) is 18.0. The first-order valence-electron chi connectivity index (χ1n) is 13.4. The summed E-state index contributed by atoms with van der Waals surface area (Å²) in [7, 11) is 0. The van der Waals surface area contributed by atoms with Crippen LogP contribution in [0.2, 0.25) is 0 Å². The number of amides is 1. The summed E-state index contributed by atoms with van der Waals surface area (Å²) in [5.41, 5.74) is 2.09. The van der Waals surface area contributed by atoms with Crippen LogP contribution >= 0.6 is 0 Å². The van der Waals surface area contributed by atoms with E-state index in [0.717, 1.165) is 36.1 Å². The maximum atomic E-state index is 13.4. The molecule has 1 aromatic carbocycles. The second-order valence-electron chi connectivity index (χ2n) is 9.95. The third kappa shape index (κ3) is 6.64. The van der Waals surface area contributed by atoms with Crippen molar-refractivity contribution in [1.29, 1.82) is 0 Å². The molecule has 0 saturated carbocycles. The highest BCUT2D eigenvalue weighted by Crippen LogP contribution is 2.41. The summed E-state index contributed by atoms with van der Waals surface area (Å²) in [5.74, 6) is -0.218. The minimum atomic E-state index is -0.848. The zero-order valence-electron chi connectivity index (χ0n) is 21.6. The van der Waals surface area contributed by atoms with Crippen molar-refractivity contribution in [2.24, 2.45) is 5.92 Å². The fraction of sp³-hybridized carbons (Fsp3) is 0.571. The van der Waals surface area contributed by atoms with Crippen LogP contribution in [0.3, 0.4) is 0 Å². The van der Waals surface area contributed by atoms with E-state index in [4.69, 9.17) is 4.74 Å². The van der Waals surface area contributed by atoms with Crippen molar-refractivity contribution in [1.82, 2.24) is 19.8 Å². The smallest absolute Gasteiger partial charge is 0.308 e. The van der Waals surface area contributed by atoms with Gasteiger partial charge in [-0.25, -0.2) is 9.97 Å². The highest BCUT2D eigenvalue weighted by molar-refractivity contribution is 5.79. The van der Waals surface area contributed by atoms with Crippen LogP contribution in [0.15, 0.2) is 36.7 Å². The number of hydrogen-bond donors (Lipinski definition) is 2. The largest absolute Gasteiger partial charge is 0.493 e. The molecule has 1 saturated heterocycles. The Bertz CT molecular complexity index is 1040. The number of aliphatic hydroxyl groups is 1. The molecule has 3 atom stereocenters. The number of benzene rings is 1. The van der Waals surface area contributed by atoms with Crippen LogP contribution in [0.4, 0.5) is 0 Å². The number of aliphatic hydroxyl groups excluding tert-OH is 1. The molecule has 4 rings (SSSR count). The summed E-state index contributed by atoms with van der Waals surface area (Å²) >= 11 is 0. The number of aromatic nitrogens is 2. The van der Waals surface area contributed by atoms with Crippen molar-refractivity contribution in [3.05, 3.63) is 53.6 Å². The van der Waals surface area contributed by atoms with Gasteiger partial charge in [-0.2, -0.15) is 0 Å². The number of aryl methyl sites for hydroxylation is 1. The number of ether oxygens (including phenoxy) is 1. The zero-order chi connectivity index (χ0) is 26.2. The summed E-state index contributed by atoms with van der Waals surface area (Å²) < 4.78 is 5.65. The Balaban J connectivity index is 1.59. The number of rotatable bonds is 13. The molecule has 2 aliphatic rings. The van der Waals surface area contributed by atoms with E-state index in [0.29, 0.717) is 51.3 Å². The summed E-state index contributed by atoms with van der Waals surface area (Å²) in [5, 5.41) is 19.7. The lowest BCUT2D eigenvalue weighted by Gasteiger charge is -2.29. The van der Waals surface area contributed by atoms with Gasteiger partial charge in [-0.1, -0.05) is 25.5 Å². The Hall–Kier alpha value is -3.04. The molecule has 0 aliphatic carbocycles. The van der Waals surface area contributed by atoms with Crippen molar-refractivity contribution in [2.75, 3.05) is 39.4 Å². The highest BCUT2D eigenvalue weighted by atomic mass is 16.5. The maximum Gasteiger partial charge on any atom is 0.308 e. The molecule has 37 heavy (non-hydrogen) atoms. The molecular formula is C28H38N4O5. The van der Waals surface area contributed by atoms with Gasteiger partial charge >= 0.3 is 5.97 Å². The number of unbranched alkanes of at least 4 members (excludes halogenated alkanes) is 1. The molecule has 0 spiro atoms. The molecule has 2 aliphatic heterocycles. The van der Waals surface area contributed by atoms with E-state index in [1.807, 2.05) is 17.0 Å². The summed E-state index contributed by atoms with van der Waals surface area (Å²) in [6.45, 7) is 4.55. The molecule has 2 N–H and O–H groups in total. The second kappa shape index (κ2) is 13.0. The second-order valence-corrected chi connectivity index (χ2v) is 9.95. The van der Waals surface area contributed by atoms with Crippen LogP contribution in [0, 0.1) is 5.92 Å². The molecule has 1 amide bonds. The molecule has 0 radical (unpaired) electrons. The van der Waals surface area contributed by atoms with E-state index in [2.05, 4.69) is 27.9 Å². The summed E-state index contributed by atoms with van der Waals surface area (Å²) in [6, 6.07) is 7.43. The van der Waals surface area contributed by atoms with Gasteiger partial charge in [0, 0.05) is 63.4 Å². The van der Waals surface area contributed by atoms with E-state index in [1.54, 1.807) is 18.5 Å². The number of carbonyl (C=O) groups excluding carboxylic acids is 1. The van der Waals surface area contributed by atoms with Crippen molar-refractivity contribution in [2.45, 2.75) is 57.4 Å². The van der Waals surface area contributed by atoms with Gasteiger partial charge in [0.2, 0.25) is 5.91 Å². The van der Waals surface area contributed by atoms with Gasteiger partial charge in [-0.05, 0) is 42.5 Å². The van der Waals surface area contributed by atoms with Crippen molar-refractivity contribution < 1.29 is 24.5 Å². The van der Waals surface area contributed by atoms with Gasteiger partial charge in [-0.3, -0.25) is 14.5 Å². The monoisotopic (exact) mass is 510 g/mol. The normalized spacial score (nSPS) is 21.0. The highest BCUT2D eigenvalue weighted by Gasteiger charge is 2.47. The lowest BCUT2D eigenvalue weighted by Crippen LogP contribution is -2.45. The Morgan fingerprint density at radius 2 is 1.97 bits per heavy atom. The Kier molecular flexibility index (Phi) is 9.46. The summed E-state index contributed by atoms with van der Waals surface area (Å²) in [6.07, 6.45) is 7.67. The van der Waals surface area contributed by atoms with E-state index in [-0.39, 0.29) is 31.0 Å². The molecular weight excluding hydrogens is 472 g/mol. The average Bonchev–Trinajstić information content (AvgIpc) is 3.52. The van der Waals surface area contributed by atoms with Crippen LogP contribution in [-0.4, -0.2) is 87.3 Å². The SMILES string of the molecule is CCCCN(CCCO)C(=O)CN1C[C@H](c2ccc3c(c2)CCO3)[C@@H](C(=O)O)[C@@H]1CCc1ncccn1. The Morgan fingerprint density at radius 1 is 1.19 bits per heavy atom. The number of carboxylic acids is 1. The molecule has 9 nitrogen and oxygen atoms in total. The fourth-order valence-corrected chi connectivity index (χ4v) is 5.61. The number of carboxylic acid groups (broad SMARTS) is 1. The lowest BCUT2D eigenvalue weighted by atomic mass is 9.83. The predicted octanol–water partition coefficient (Wildman–Crippen LogP) is 2.52. The van der Waals surface area contributed by atoms with E-state index >= 15 is 0 Å². The molecule has 200 valence electrons. The van der Waals surface area contributed by atoms with Gasteiger partial charge in [0.15, 0.2) is 0 Å². The number of hydrogen-bond acceptors (Lipinski definition) is 7. The van der Waals surface area contributed by atoms with Crippen LogP contribution in [0.1, 0.15) is 55.5 Å². The van der Waals surface area contributed by atoms with Gasteiger partial charge < -0.3 is 19.8 Å². The maximum absolute atomic E-state index is 13.4. The number of likely N-dealkylation sites (tertiary alicyclic amines) is 1. The number of aliphatic carboxylic acids is 1. The number of fused-ring (bicyclic) bond motifs is 1. The van der Waals surface area contributed by atoms with Gasteiger partial charge in [0.1, 0.15) is 11.6 Å². The van der Waals surface area contributed by atoms with Gasteiger partial charge in [-0.15, -0.1) is 0 Å². The molecule has 0 bridgehead atoms. The standard InChI is InChI=1S/C28H38N4O5/c1-2-3-13-31(14-5-15-33)26(34)19-32-18-22(20-6-8-24-21(17-20)10-16-37-24)27(28(35)36)23(32)7-9-25-29-11-4-12-30-25/h4,6,8,11-12,17,22-23,27,33H,2-3,5,7,9-10,13-16,18-19H2,1H3,(H,35,36)/t22-,23+,27-/m1/s1. The Morgan fingerprint density at radius 3 is 2.70 bits per heavy atom. The van der Waals surface area contributed by atoms with Gasteiger partial charge in [0.05, 0.1) is 19.1 Å².